The number of aromatic nitrogens is 2. The van der Waals surface area contributed by atoms with Crippen LogP contribution in [0.4, 0.5) is 11.5 Å². The molecule has 24 heavy (non-hydrogen) atoms. The van der Waals surface area contributed by atoms with Crippen LogP contribution in [0.25, 0.3) is 10.9 Å². The van der Waals surface area contributed by atoms with Crippen LogP contribution in [0.5, 0.6) is 17.2 Å². The second-order valence-electron chi connectivity index (χ2n) is 4.90. The molecule has 3 rings (SSSR count). The third kappa shape index (κ3) is 3.03. The Morgan fingerprint density at radius 1 is 0.958 bits per heavy atom. The molecule has 0 atom stereocenters. The number of anilines is 2. The molecular formula is C17H16IN3O3. The fourth-order valence-corrected chi connectivity index (χ4v) is 3.01. The van der Waals surface area contributed by atoms with E-state index in [1.54, 1.807) is 21.3 Å². The number of ether oxygens (including phenoxy) is 3. The first-order chi connectivity index (χ1) is 11.7. The highest BCUT2D eigenvalue weighted by atomic mass is 127. The van der Waals surface area contributed by atoms with Crippen LogP contribution in [0.2, 0.25) is 0 Å². The summed E-state index contributed by atoms with van der Waals surface area (Å²) in [6.45, 7) is 0. The number of hydrogen-bond acceptors (Lipinski definition) is 6. The molecule has 0 unspecified atom stereocenters. The summed E-state index contributed by atoms with van der Waals surface area (Å²) >= 11 is 2.27. The summed E-state index contributed by atoms with van der Waals surface area (Å²) in [7, 11) is 4.73. The average Bonchev–Trinajstić information content (AvgIpc) is 2.60. The molecule has 0 saturated heterocycles. The molecule has 0 spiro atoms. The number of methoxy groups -OCH3 is 3. The summed E-state index contributed by atoms with van der Waals surface area (Å²) in [5.74, 6) is 2.25. The molecule has 1 N–H and O–H groups in total. The normalized spacial score (nSPS) is 10.5. The molecule has 0 aliphatic carbocycles. The first-order valence-corrected chi connectivity index (χ1v) is 8.22. The molecule has 0 saturated carbocycles. The van der Waals surface area contributed by atoms with Gasteiger partial charge in [-0.15, -0.1) is 0 Å². The predicted octanol–water partition coefficient (Wildman–Crippen LogP) is 4.00. The molecule has 0 fully saturated rings. The molecule has 1 aromatic heterocycles. The number of fused-ring (bicyclic) bond motifs is 1. The highest BCUT2D eigenvalue weighted by Gasteiger charge is 2.19. The molecule has 0 aliphatic rings. The van der Waals surface area contributed by atoms with E-state index in [2.05, 4.69) is 37.9 Å². The molecular weight excluding hydrogens is 421 g/mol. The number of hydrogen-bond donors (Lipinski definition) is 1. The third-order valence-electron chi connectivity index (χ3n) is 3.52. The monoisotopic (exact) mass is 437 g/mol. The van der Waals surface area contributed by atoms with Gasteiger partial charge in [0, 0.05) is 9.26 Å². The van der Waals surface area contributed by atoms with E-state index in [0.29, 0.717) is 28.6 Å². The van der Waals surface area contributed by atoms with E-state index in [1.165, 1.54) is 6.33 Å². The molecule has 0 amide bonds. The maximum atomic E-state index is 5.49. The van der Waals surface area contributed by atoms with E-state index >= 15 is 0 Å². The van der Waals surface area contributed by atoms with Crippen molar-refractivity contribution in [1.82, 2.24) is 9.97 Å². The van der Waals surface area contributed by atoms with E-state index in [-0.39, 0.29) is 0 Å². The molecule has 0 bridgehead atoms. The second kappa shape index (κ2) is 7.08. The number of nitrogens with one attached hydrogen (secondary N) is 1. The molecule has 0 aliphatic heterocycles. The lowest BCUT2D eigenvalue weighted by atomic mass is 10.1. The van der Waals surface area contributed by atoms with Gasteiger partial charge in [-0.1, -0.05) is 6.07 Å². The minimum Gasteiger partial charge on any atom is -0.493 e. The summed E-state index contributed by atoms with van der Waals surface area (Å²) in [6.07, 6.45) is 1.49. The van der Waals surface area contributed by atoms with Gasteiger partial charge in [0.1, 0.15) is 17.7 Å². The van der Waals surface area contributed by atoms with Crippen molar-refractivity contribution in [2.45, 2.75) is 0 Å². The van der Waals surface area contributed by atoms with Crippen molar-refractivity contribution in [2.24, 2.45) is 0 Å². The van der Waals surface area contributed by atoms with Crippen molar-refractivity contribution in [3.05, 3.63) is 40.2 Å². The van der Waals surface area contributed by atoms with Crippen LogP contribution >= 0.6 is 22.6 Å². The lowest BCUT2D eigenvalue weighted by molar-refractivity contribution is 0.327. The number of halogens is 1. The summed E-state index contributed by atoms with van der Waals surface area (Å²) < 4.78 is 17.5. The van der Waals surface area contributed by atoms with Crippen molar-refractivity contribution < 1.29 is 14.2 Å². The Kier molecular flexibility index (Phi) is 4.89. The Morgan fingerprint density at radius 2 is 1.75 bits per heavy atom. The average molecular weight is 437 g/mol. The molecule has 7 heteroatoms. The van der Waals surface area contributed by atoms with Gasteiger partial charge in [-0.25, -0.2) is 9.97 Å². The van der Waals surface area contributed by atoms with Crippen LogP contribution < -0.4 is 19.5 Å². The van der Waals surface area contributed by atoms with Gasteiger partial charge >= 0.3 is 0 Å². The third-order valence-corrected chi connectivity index (χ3v) is 4.19. The molecule has 1 heterocycles. The first-order valence-electron chi connectivity index (χ1n) is 7.14. The molecule has 3 aromatic rings. The van der Waals surface area contributed by atoms with Crippen LogP contribution in [0.3, 0.4) is 0 Å². The maximum Gasteiger partial charge on any atom is 0.205 e. The van der Waals surface area contributed by atoms with Gasteiger partial charge in [0.05, 0.1) is 26.7 Å². The molecule has 2 aromatic carbocycles. The summed E-state index contributed by atoms with van der Waals surface area (Å²) in [4.78, 5) is 8.70. The van der Waals surface area contributed by atoms with E-state index < -0.39 is 0 Å². The molecule has 124 valence electrons. The van der Waals surface area contributed by atoms with Crippen LogP contribution in [-0.4, -0.2) is 31.3 Å². The second-order valence-corrected chi connectivity index (χ2v) is 6.14. The van der Waals surface area contributed by atoms with Crippen molar-refractivity contribution in [3.63, 3.8) is 0 Å². The molecule has 0 radical (unpaired) electrons. The van der Waals surface area contributed by atoms with Crippen molar-refractivity contribution in [2.75, 3.05) is 26.6 Å². The van der Waals surface area contributed by atoms with Gasteiger partial charge in [-0.3, -0.25) is 0 Å². The SMILES string of the molecule is COc1cc2c(Nc3cccc(I)c3)ncnc2c(OC)c1OC. The van der Waals surface area contributed by atoms with Gasteiger partial charge < -0.3 is 19.5 Å². The van der Waals surface area contributed by atoms with Gasteiger partial charge in [-0.05, 0) is 46.9 Å². The van der Waals surface area contributed by atoms with Gasteiger partial charge in [0.25, 0.3) is 0 Å². The quantitative estimate of drug-likeness (QED) is 0.609. The van der Waals surface area contributed by atoms with Crippen molar-refractivity contribution in [3.8, 4) is 17.2 Å². The minimum atomic E-state index is 0.506. The Labute approximate surface area is 153 Å². The Balaban J connectivity index is 2.19. The standard InChI is InChI=1S/C17H16IN3O3/c1-22-13-8-12-14(16(24-3)15(13)23-2)19-9-20-17(12)21-11-6-4-5-10(18)7-11/h4-9H,1-3H3,(H,19,20,21). The highest BCUT2D eigenvalue weighted by molar-refractivity contribution is 14.1. The number of nitrogens with zero attached hydrogens (tertiary/aromatic N) is 2. The number of benzene rings is 2. The summed E-state index contributed by atoms with van der Waals surface area (Å²) in [5, 5.41) is 4.10. The van der Waals surface area contributed by atoms with E-state index in [1.807, 2.05) is 30.3 Å². The van der Waals surface area contributed by atoms with Gasteiger partial charge in [-0.2, -0.15) is 0 Å². The van der Waals surface area contributed by atoms with E-state index in [9.17, 15) is 0 Å². The van der Waals surface area contributed by atoms with Crippen LogP contribution in [0, 0.1) is 3.57 Å². The lowest BCUT2D eigenvalue weighted by Gasteiger charge is -2.16. The Bertz CT molecular complexity index is 886. The zero-order valence-electron chi connectivity index (χ0n) is 13.5. The summed E-state index contributed by atoms with van der Waals surface area (Å²) in [6, 6.07) is 9.87. The van der Waals surface area contributed by atoms with Crippen LogP contribution in [-0.2, 0) is 0 Å². The van der Waals surface area contributed by atoms with E-state index in [0.717, 1.165) is 14.6 Å². The predicted molar refractivity (Wildman–Crippen MR) is 102 cm³/mol. The fraction of sp³-hybridized carbons (Fsp3) is 0.176. The zero-order chi connectivity index (χ0) is 17.1. The topological polar surface area (TPSA) is 65.5 Å². The largest absolute Gasteiger partial charge is 0.493 e. The van der Waals surface area contributed by atoms with Crippen molar-refractivity contribution >= 4 is 45.0 Å². The van der Waals surface area contributed by atoms with Crippen molar-refractivity contribution in [1.29, 1.82) is 0 Å². The van der Waals surface area contributed by atoms with Gasteiger partial charge in [0.15, 0.2) is 11.5 Å². The number of rotatable bonds is 5. The highest BCUT2D eigenvalue weighted by Crippen LogP contribution is 2.44. The maximum absolute atomic E-state index is 5.49. The minimum absolute atomic E-state index is 0.506. The zero-order valence-corrected chi connectivity index (χ0v) is 15.6. The Morgan fingerprint density at radius 3 is 2.42 bits per heavy atom. The van der Waals surface area contributed by atoms with Crippen LogP contribution in [0.1, 0.15) is 0 Å². The fourth-order valence-electron chi connectivity index (χ4n) is 2.47. The van der Waals surface area contributed by atoms with E-state index in [4.69, 9.17) is 14.2 Å². The smallest absolute Gasteiger partial charge is 0.205 e. The summed E-state index contributed by atoms with van der Waals surface area (Å²) in [5.41, 5.74) is 1.59. The van der Waals surface area contributed by atoms with Crippen LogP contribution in [0.15, 0.2) is 36.7 Å². The lowest BCUT2D eigenvalue weighted by Crippen LogP contribution is -2.00. The Hall–Kier alpha value is -2.29. The first kappa shape index (κ1) is 16.6. The molecule has 6 nitrogen and oxygen atoms in total. The van der Waals surface area contributed by atoms with Gasteiger partial charge in [0.2, 0.25) is 5.75 Å².